The highest BCUT2D eigenvalue weighted by atomic mass is 19.3. The SMILES string of the molecule is CC1(C)OB(c2ccc(C(=O)C(F)F)cc2)OC1(C)C. The van der Waals surface area contributed by atoms with E-state index in [1.54, 1.807) is 12.1 Å². The Balaban J connectivity index is 2.18. The lowest BCUT2D eigenvalue weighted by atomic mass is 9.79. The molecule has 0 atom stereocenters. The van der Waals surface area contributed by atoms with Crippen molar-refractivity contribution in [3.63, 3.8) is 0 Å². The van der Waals surface area contributed by atoms with Crippen molar-refractivity contribution in [1.29, 1.82) is 0 Å². The van der Waals surface area contributed by atoms with Gasteiger partial charge in [0.25, 0.3) is 0 Å². The fraction of sp³-hybridized carbons (Fsp3) is 0.500. The summed E-state index contributed by atoms with van der Waals surface area (Å²) < 4.78 is 36.3. The predicted octanol–water partition coefficient (Wildman–Crippen LogP) is 2.43. The van der Waals surface area contributed by atoms with Crippen LogP contribution in [0.5, 0.6) is 0 Å². The Hall–Kier alpha value is -1.27. The van der Waals surface area contributed by atoms with Crippen LogP contribution < -0.4 is 5.46 Å². The van der Waals surface area contributed by atoms with Crippen molar-refractivity contribution in [1.82, 2.24) is 0 Å². The van der Waals surface area contributed by atoms with Gasteiger partial charge in [-0.3, -0.25) is 4.79 Å². The van der Waals surface area contributed by atoms with Crippen molar-refractivity contribution >= 4 is 18.4 Å². The number of halogens is 2. The van der Waals surface area contributed by atoms with Crippen LogP contribution in [0.2, 0.25) is 0 Å². The summed E-state index contributed by atoms with van der Waals surface area (Å²) in [6.07, 6.45) is -2.99. The van der Waals surface area contributed by atoms with Gasteiger partial charge < -0.3 is 9.31 Å². The second-order valence-corrected chi connectivity index (χ2v) is 5.88. The molecule has 1 aromatic carbocycles. The molecule has 0 N–H and O–H groups in total. The molecule has 0 amide bonds. The van der Waals surface area contributed by atoms with Gasteiger partial charge in [-0.1, -0.05) is 24.3 Å². The summed E-state index contributed by atoms with van der Waals surface area (Å²) in [5, 5.41) is 0. The summed E-state index contributed by atoms with van der Waals surface area (Å²) in [5.74, 6) is -1.18. The number of hydrogen-bond donors (Lipinski definition) is 0. The Morgan fingerprint density at radius 3 is 1.90 bits per heavy atom. The second-order valence-electron chi connectivity index (χ2n) is 5.88. The van der Waals surface area contributed by atoms with Gasteiger partial charge in [-0.05, 0) is 33.2 Å². The number of hydrogen-bond acceptors (Lipinski definition) is 3. The van der Waals surface area contributed by atoms with E-state index in [0.29, 0.717) is 5.46 Å². The molecule has 0 aromatic heterocycles. The van der Waals surface area contributed by atoms with E-state index in [9.17, 15) is 13.6 Å². The largest absolute Gasteiger partial charge is 0.494 e. The van der Waals surface area contributed by atoms with Gasteiger partial charge in [0.1, 0.15) is 0 Å². The first-order valence-electron chi connectivity index (χ1n) is 6.42. The molecule has 1 saturated heterocycles. The number of carbonyl (C=O) groups excluding carboxylic acids is 1. The third-order valence-electron chi connectivity index (χ3n) is 3.92. The van der Waals surface area contributed by atoms with Gasteiger partial charge >= 0.3 is 13.5 Å². The molecule has 1 heterocycles. The number of alkyl halides is 2. The van der Waals surface area contributed by atoms with Crippen molar-refractivity contribution in [2.45, 2.75) is 45.3 Å². The molecule has 2 rings (SSSR count). The van der Waals surface area contributed by atoms with Crippen molar-refractivity contribution in [2.24, 2.45) is 0 Å². The van der Waals surface area contributed by atoms with Crippen LogP contribution in [0.4, 0.5) is 8.78 Å². The zero-order valence-corrected chi connectivity index (χ0v) is 11.9. The molecule has 1 aliphatic rings. The molecule has 1 aliphatic heterocycles. The summed E-state index contributed by atoms with van der Waals surface area (Å²) in [5.41, 5.74) is -0.237. The quantitative estimate of drug-likeness (QED) is 0.631. The fourth-order valence-electron chi connectivity index (χ4n) is 1.91. The molecule has 1 aromatic rings. The minimum atomic E-state index is -2.99. The molecule has 1 fully saturated rings. The van der Waals surface area contributed by atoms with E-state index in [4.69, 9.17) is 9.31 Å². The normalized spacial score (nSPS) is 20.4. The van der Waals surface area contributed by atoms with Gasteiger partial charge in [0, 0.05) is 5.56 Å². The number of ketones is 1. The molecular weight excluding hydrogens is 265 g/mol. The van der Waals surface area contributed by atoms with Crippen LogP contribution in [0.25, 0.3) is 0 Å². The molecule has 6 heteroatoms. The smallest absolute Gasteiger partial charge is 0.399 e. The van der Waals surface area contributed by atoms with Crippen LogP contribution in [0, 0.1) is 0 Å². The van der Waals surface area contributed by atoms with Crippen molar-refractivity contribution in [3.8, 4) is 0 Å². The standard InChI is InChI=1S/C14H17BF2O3/c1-13(2)14(3,4)20-15(19-13)10-7-5-9(6-8-10)11(18)12(16)17/h5-8,12H,1-4H3. The Morgan fingerprint density at radius 2 is 1.50 bits per heavy atom. The highest BCUT2D eigenvalue weighted by Crippen LogP contribution is 2.36. The Kier molecular flexibility index (Phi) is 3.73. The van der Waals surface area contributed by atoms with E-state index in [-0.39, 0.29) is 5.56 Å². The van der Waals surface area contributed by atoms with Crippen LogP contribution in [0.3, 0.4) is 0 Å². The lowest BCUT2D eigenvalue weighted by molar-refractivity contribution is 0.00578. The molecule has 0 unspecified atom stereocenters. The third-order valence-corrected chi connectivity index (χ3v) is 3.92. The Labute approximate surface area is 117 Å². The molecule has 108 valence electrons. The van der Waals surface area contributed by atoms with Crippen LogP contribution >= 0.6 is 0 Å². The van der Waals surface area contributed by atoms with Crippen molar-refractivity contribution < 1.29 is 22.9 Å². The molecule has 0 spiro atoms. The Morgan fingerprint density at radius 1 is 1.05 bits per heavy atom. The predicted molar refractivity (Wildman–Crippen MR) is 72.5 cm³/mol. The van der Waals surface area contributed by atoms with Crippen LogP contribution in [0.15, 0.2) is 24.3 Å². The molecule has 0 aliphatic carbocycles. The molecule has 3 nitrogen and oxygen atoms in total. The van der Waals surface area contributed by atoms with Gasteiger partial charge in [0.2, 0.25) is 5.78 Å². The maximum atomic E-state index is 12.3. The highest BCUT2D eigenvalue weighted by molar-refractivity contribution is 6.62. The minimum Gasteiger partial charge on any atom is -0.399 e. The van der Waals surface area contributed by atoms with Gasteiger partial charge in [0.15, 0.2) is 0 Å². The molecule has 0 bridgehead atoms. The summed E-state index contributed by atoms with van der Waals surface area (Å²) in [7, 11) is -0.560. The van der Waals surface area contributed by atoms with Crippen LogP contribution in [-0.2, 0) is 9.31 Å². The van der Waals surface area contributed by atoms with Crippen LogP contribution in [0.1, 0.15) is 38.1 Å². The first-order chi connectivity index (χ1) is 9.14. The summed E-state index contributed by atoms with van der Waals surface area (Å²) in [4.78, 5) is 11.2. The zero-order chi connectivity index (χ0) is 15.1. The summed E-state index contributed by atoms with van der Waals surface area (Å²) in [6.45, 7) is 7.73. The van der Waals surface area contributed by atoms with Gasteiger partial charge in [-0.2, -0.15) is 0 Å². The molecule has 0 saturated carbocycles. The first-order valence-corrected chi connectivity index (χ1v) is 6.42. The number of rotatable bonds is 3. The number of carbonyl (C=O) groups is 1. The highest BCUT2D eigenvalue weighted by Gasteiger charge is 2.51. The van der Waals surface area contributed by atoms with Crippen molar-refractivity contribution in [2.75, 3.05) is 0 Å². The topological polar surface area (TPSA) is 35.5 Å². The Bertz CT molecular complexity index is 496. The lowest BCUT2D eigenvalue weighted by Gasteiger charge is -2.32. The molecule has 20 heavy (non-hydrogen) atoms. The average molecular weight is 282 g/mol. The monoisotopic (exact) mass is 282 g/mol. The van der Waals surface area contributed by atoms with Crippen LogP contribution in [-0.4, -0.2) is 30.5 Å². The van der Waals surface area contributed by atoms with E-state index in [1.165, 1.54) is 12.1 Å². The zero-order valence-electron chi connectivity index (χ0n) is 11.9. The van der Waals surface area contributed by atoms with Gasteiger partial charge in [-0.15, -0.1) is 0 Å². The van der Waals surface area contributed by atoms with Crippen molar-refractivity contribution in [3.05, 3.63) is 29.8 Å². The van der Waals surface area contributed by atoms with E-state index in [2.05, 4.69) is 0 Å². The number of benzene rings is 1. The fourth-order valence-corrected chi connectivity index (χ4v) is 1.91. The van der Waals surface area contributed by atoms with E-state index in [1.807, 2.05) is 27.7 Å². The second kappa shape index (κ2) is 4.93. The average Bonchev–Trinajstić information content (AvgIpc) is 2.57. The molecular formula is C14H17BF2O3. The summed E-state index contributed by atoms with van der Waals surface area (Å²) in [6, 6.07) is 5.90. The first kappa shape index (κ1) is 15.1. The lowest BCUT2D eigenvalue weighted by Crippen LogP contribution is -2.41. The van der Waals surface area contributed by atoms with E-state index < -0.39 is 30.5 Å². The molecule has 0 radical (unpaired) electrons. The van der Waals surface area contributed by atoms with Gasteiger partial charge in [-0.25, -0.2) is 8.78 Å². The summed E-state index contributed by atoms with van der Waals surface area (Å²) >= 11 is 0. The third kappa shape index (κ3) is 2.62. The van der Waals surface area contributed by atoms with Gasteiger partial charge in [0.05, 0.1) is 11.2 Å². The maximum absolute atomic E-state index is 12.3. The number of Topliss-reactive ketones (excluding diaryl/α,β-unsaturated/α-hetero) is 1. The maximum Gasteiger partial charge on any atom is 0.494 e. The van der Waals surface area contributed by atoms with E-state index >= 15 is 0 Å². The minimum absolute atomic E-state index is 0.0136. The van der Waals surface area contributed by atoms with E-state index in [0.717, 1.165) is 0 Å².